The van der Waals surface area contributed by atoms with Gasteiger partial charge in [0.1, 0.15) is 65.0 Å². The van der Waals surface area contributed by atoms with Crippen LogP contribution >= 0.6 is 0 Å². The molecule has 5 aromatic carbocycles. The number of carbonyl (C=O) groups excluding carboxylic acids is 6. The van der Waals surface area contributed by atoms with E-state index < -0.39 is 11.7 Å². The minimum atomic E-state index is -0.501. The molecule has 9 N–H and O–H groups in total. The van der Waals surface area contributed by atoms with Gasteiger partial charge in [-0.2, -0.15) is 15.3 Å². The minimum absolute atomic E-state index is 0.00753. The van der Waals surface area contributed by atoms with Crippen molar-refractivity contribution in [3.63, 3.8) is 0 Å². The van der Waals surface area contributed by atoms with Crippen LogP contribution in [0.1, 0.15) is 128 Å². The van der Waals surface area contributed by atoms with E-state index >= 15 is 0 Å². The quantitative estimate of drug-likeness (QED) is 0.0435. The van der Waals surface area contributed by atoms with Crippen LogP contribution in [0.5, 0.6) is 0 Å². The van der Waals surface area contributed by atoms with Crippen molar-refractivity contribution in [1.29, 1.82) is 0 Å². The Hall–Kier alpha value is -13.7. The zero-order valence-electron chi connectivity index (χ0n) is 63.2. The first-order valence-electron chi connectivity index (χ1n) is 37.3. The fourth-order valence-electron chi connectivity index (χ4n) is 14.5. The molecule has 3 fully saturated rings. The summed E-state index contributed by atoms with van der Waals surface area (Å²) >= 11 is 0. The predicted octanol–water partition coefficient (Wildman–Crippen LogP) is 10.9. The van der Waals surface area contributed by atoms with Gasteiger partial charge in [-0.05, 0) is 137 Å². The largest absolute Gasteiger partial charge is 0.383 e. The number of piperidine rings is 3. The van der Waals surface area contributed by atoms with Gasteiger partial charge in [0, 0.05) is 86.7 Å². The highest BCUT2D eigenvalue weighted by molar-refractivity contribution is 6.01. The van der Waals surface area contributed by atoms with Gasteiger partial charge in [-0.3, -0.25) is 28.8 Å². The summed E-state index contributed by atoms with van der Waals surface area (Å²) in [5.41, 5.74) is 32.7. The van der Waals surface area contributed by atoms with Crippen molar-refractivity contribution >= 4 is 86.0 Å². The van der Waals surface area contributed by atoms with Crippen molar-refractivity contribution in [2.75, 3.05) is 56.5 Å². The Bertz CT molecular complexity index is 5570. The standard InChI is InChI=1S/2C29H31N7O2.C26H25FN8O2/c1-4-24(37)35-11-5-6-23(16-35)36-28-25(27(30)32-17-33-28)26(34-36)21-9-7-20(8-10-21)15-31-29(38)22-13-18(2)12-19(3)14-22;1-3-7-24(37)35-15-6-9-22(17-35)36-28-25(27(30)32-18-33-28)26(34-36)21-13-11-20(12-14-21)16-31-29(38)23-10-5-4-8-19(23)2;1-2-21(36)34-11-3-4-19(14-34)35-25-22(24(28)31-15-32-25)23(33-35)17-7-5-16(6-8-17)12-30-26(37)20-10-9-18(27)13-29-20/h4,7-10,12-14,17,23H,1,5-6,11,15-16H2,2-3H3,(H,31,38)(H2,30,32,33);3-5,7-8,10-14,18,22H,6,9,15-17H2,1-2H3,(H,31,38)(H2,30,32,33);2,5-10,13,15,19H,1,3-4,11-12,14H2,(H,30,37)(H2,28,31,32)/b;7-3+;. The van der Waals surface area contributed by atoms with E-state index in [1.54, 1.807) is 22.0 Å². The summed E-state index contributed by atoms with van der Waals surface area (Å²) in [7, 11) is 0. The molecule has 0 spiro atoms. The molecule has 3 atom stereocenters. The second-order valence-corrected chi connectivity index (χ2v) is 28.1. The molecule has 0 aliphatic carbocycles. The molecule has 10 heterocycles. The highest BCUT2D eigenvalue weighted by Gasteiger charge is 2.32. The molecule has 0 radical (unpaired) electrons. The van der Waals surface area contributed by atoms with Crippen LogP contribution < -0.4 is 33.2 Å². The van der Waals surface area contributed by atoms with Crippen molar-refractivity contribution in [3.8, 4) is 33.8 Å². The molecule has 0 bridgehead atoms. The van der Waals surface area contributed by atoms with Gasteiger partial charge in [-0.1, -0.05) is 127 Å². The highest BCUT2D eigenvalue weighted by Crippen LogP contribution is 2.38. The number of hydrogen-bond acceptors (Lipinski definition) is 19. The van der Waals surface area contributed by atoms with E-state index in [2.05, 4.69) is 64.0 Å². The van der Waals surface area contributed by atoms with Gasteiger partial charge in [0.2, 0.25) is 17.7 Å². The third kappa shape index (κ3) is 17.6. The number of anilines is 3. The molecule has 0 saturated carbocycles. The van der Waals surface area contributed by atoms with Crippen LogP contribution in [0.4, 0.5) is 21.8 Å². The lowest BCUT2D eigenvalue weighted by molar-refractivity contribution is -0.128. The Morgan fingerprint density at radius 1 is 0.478 bits per heavy atom. The number of nitrogens with zero attached hydrogens (tertiary/aromatic N) is 16. The Balaban J connectivity index is 0.000000148. The van der Waals surface area contributed by atoms with Crippen molar-refractivity contribution < 1.29 is 33.2 Å². The van der Waals surface area contributed by atoms with Crippen molar-refractivity contribution in [3.05, 3.63) is 246 Å². The Labute approximate surface area is 651 Å². The maximum atomic E-state index is 13.0. The number of nitrogens with one attached hydrogen (secondary N) is 3. The summed E-state index contributed by atoms with van der Waals surface area (Å²) in [5, 5.41) is 25.5. The zero-order chi connectivity index (χ0) is 79.4. The number of carbonyl (C=O) groups is 6. The lowest BCUT2D eigenvalue weighted by atomic mass is 10.1. The van der Waals surface area contributed by atoms with Gasteiger partial charge in [-0.15, -0.1) is 0 Å². The van der Waals surface area contributed by atoms with Crippen LogP contribution in [-0.4, -0.2) is 154 Å². The fraction of sp³-hybridized carbons (Fsp3) is 0.262. The third-order valence-corrected chi connectivity index (χ3v) is 20.2. The number of pyridine rings is 1. The van der Waals surface area contributed by atoms with E-state index in [-0.39, 0.29) is 59.9 Å². The number of nitrogen functional groups attached to an aromatic ring is 3. The van der Waals surface area contributed by atoms with Crippen LogP contribution in [0.25, 0.3) is 66.9 Å². The van der Waals surface area contributed by atoms with E-state index in [4.69, 9.17) is 32.5 Å². The summed E-state index contributed by atoms with van der Waals surface area (Å²) in [6.45, 7) is 19.7. The zero-order valence-corrected chi connectivity index (χ0v) is 63.2. The number of hydrogen-bond donors (Lipinski definition) is 6. The molecule has 3 saturated heterocycles. The molecular formula is C84H87FN22O6. The normalized spacial score (nSPS) is 15.5. The monoisotopic (exact) mass is 1520 g/mol. The van der Waals surface area contributed by atoms with E-state index in [0.29, 0.717) is 125 Å². The number of rotatable bonds is 18. The average molecular weight is 1520 g/mol. The highest BCUT2D eigenvalue weighted by atomic mass is 19.1. The number of likely N-dealkylation sites (tertiary alicyclic amines) is 3. The van der Waals surface area contributed by atoms with Gasteiger partial charge in [0.15, 0.2) is 16.9 Å². The van der Waals surface area contributed by atoms with Crippen LogP contribution in [0.15, 0.2) is 190 Å². The van der Waals surface area contributed by atoms with Crippen molar-refractivity contribution in [2.45, 2.75) is 104 Å². The number of allylic oxidation sites excluding steroid dienone is 1. The number of aromatic nitrogens is 13. The molecule has 15 rings (SSSR count). The molecule has 113 heavy (non-hydrogen) atoms. The number of benzene rings is 5. The molecule has 3 aliphatic rings. The van der Waals surface area contributed by atoms with Gasteiger partial charge in [0.05, 0.1) is 40.5 Å². The topological polar surface area (TPSA) is 370 Å². The Kier molecular flexibility index (Phi) is 23.9. The third-order valence-electron chi connectivity index (χ3n) is 20.2. The molecule has 576 valence electrons. The SMILES string of the molecule is C/C=C/C(=O)N1CCCC(n2nc(-c3ccc(CNC(=O)c4ccccc4C)cc3)c3c(N)ncnc32)C1.C=CC(=O)N1CCCC(n2nc(-c3ccc(CNC(=O)c4cc(C)cc(C)c4)cc3)c3c(N)ncnc32)C1.C=CC(=O)N1CCCC(n2nc(-c3ccc(CNC(=O)c4ccc(F)cn4)cc3)c3c(N)ncnc32)C1. The number of amides is 6. The Morgan fingerprint density at radius 3 is 1.25 bits per heavy atom. The summed E-state index contributed by atoms with van der Waals surface area (Å²) in [5.74, 6) is -0.233. The van der Waals surface area contributed by atoms with E-state index in [9.17, 15) is 33.2 Å². The molecule has 29 heteroatoms. The second kappa shape index (κ2) is 34.9. The summed E-state index contributed by atoms with van der Waals surface area (Å²) in [6.07, 6.45) is 16.6. The molecule has 3 aliphatic heterocycles. The maximum Gasteiger partial charge on any atom is 0.270 e. The summed E-state index contributed by atoms with van der Waals surface area (Å²) in [6, 6.07) is 39.0. The van der Waals surface area contributed by atoms with Crippen LogP contribution in [0.2, 0.25) is 0 Å². The van der Waals surface area contributed by atoms with Crippen LogP contribution in [0.3, 0.4) is 0 Å². The smallest absolute Gasteiger partial charge is 0.270 e. The average Bonchev–Trinajstić information content (AvgIpc) is 1.62. The second-order valence-electron chi connectivity index (χ2n) is 28.1. The molecule has 3 unspecified atom stereocenters. The first-order chi connectivity index (χ1) is 54.7. The first kappa shape index (κ1) is 77.4. The fourth-order valence-corrected chi connectivity index (χ4v) is 14.5. The van der Waals surface area contributed by atoms with Gasteiger partial charge < -0.3 is 47.9 Å². The number of halogens is 1. The Morgan fingerprint density at radius 2 is 0.867 bits per heavy atom. The van der Waals surface area contributed by atoms with Gasteiger partial charge in [-0.25, -0.2) is 53.3 Å². The lowest BCUT2D eigenvalue weighted by Gasteiger charge is -2.32. The van der Waals surface area contributed by atoms with Crippen molar-refractivity contribution in [2.24, 2.45) is 0 Å². The van der Waals surface area contributed by atoms with Gasteiger partial charge >= 0.3 is 0 Å². The number of nitrogens with two attached hydrogens (primary N) is 3. The van der Waals surface area contributed by atoms with Crippen LogP contribution in [-0.2, 0) is 34.0 Å². The van der Waals surface area contributed by atoms with E-state index in [0.717, 1.165) is 101 Å². The maximum absolute atomic E-state index is 13.0. The predicted molar refractivity (Wildman–Crippen MR) is 430 cm³/mol. The number of fused-ring (bicyclic) bond motifs is 3. The lowest BCUT2D eigenvalue weighted by Crippen LogP contribution is -2.40. The molecule has 12 aromatic rings. The minimum Gasteiger partial charge on any atom is -0.383 e. The number of aryl methyl sites for hydroxylation is 3. The molecule has 6 amide bonds. The van der Waals surface area contributed by atoms with Crippen LogP contribution in [0, 0.1) is 26.6 Å². The first-order valence-corrected chi connectivity index (χ1v) is 37.3. The van der Waals surface area contributed by atoms with E-state index in [1.165, 1.54) is 43.3 Å². The summed E-state index contributed by atoms with van der Waals surface area (Å²) < 4.78 is 18.7. The van der Waals surface area contributed by atoms with Crippen molar-refractivity contribution in [1.82, 2.24) is 94.9 Å². The summed E-state index contributed by atoms with van der Waals surface area (Å²) in [4.78, 5) is 110. The molecule has 28 nitrogen and oxygen atoms in total. The van der Waals surface area contributed by atoms with E-state index in [1.807, 2.05) is 162 Å². The molecule has 7 aromatic heterocycles. The van der Waals surface area contributed by atoms with Gasteiger partial charge in [0.25, 0.3) is 17.7 Å². The molecular weight excluding hydrogens is 1430 g/mol.